The first kappa shape index (κ1) is 21.4. The SMILES string of the molecule is CCCCNc1nc2c(-c3cccc(O)c3)nc(N3CCOCC3)nc2n1C(C)CC. The van der Waals surface area contributed by atoms with Gasteiger partial charge in [-0.2, -0.15) is 4.98 Å². The number of aromatic nitrogens is 4. The topological polar surface area (TPSA) is 88.3 Å². The monoisotopic (exact) mass is 424 g/mol. The molecule has 0 amide bonds. The Morgan fingerprint density at radius 3 is 2.68 bits per heavy atom. The third kappa shape index (κ3) is 4.44. The summed E-state index contributed by atoms with van der Waals surface area (Å²) in [5.41, 5.74) is 3.14. The summed E-state index contributed by atoms with van der Waals surface area (Å²) in [6.45, 7) is 10.2. The fraction of sp³-hybridized carbons (Fsp3) is 0.522. The average Bonchev–Trinajstić information content (AvgIpc) is 3.17. The molecule has 0 saturated carbocycles. The van der Waals surface area contributed by atoms with E-state index in [0.29, 0.717) is 19.2 Å². The van der Waals surface area contributed by atoms with Crippen molar-refractivity contribution in [2.24, 2.45) is 0 Å². The van der Waals surface area contributed by atoms with E-state index in [2.05, 4.69) is 35.6 Å². The van der Waals surface area contributed by atoms with E-state index in [9.17, 15) is 5.11 Å². The van der Waals surface area contributed by atoms with Gasteiger partial charge >= 0.3 is 0 Å². The number of hydrogen-bond donors (Lipinski definition) is 2. The van der Waals surface area contributed by atoms with Gasteiger partial charge in [-0.3, -0.25) is 4.57 Å². The number of phenols is 1. The van der Waals surface area contributed by atoms with Gasteiger partial charge in [0, 0.05) is 31.2 Å². The lowest BCUT2D eigenvalue weighted by molar-refractivity contribution is 0.122. The number of anilines is 2. The van der Waals surface area contributed by atoms with Crippen molar-refractivity contribution in [3.63, 3.8) is 0 Å². The van der Waals surface area contributed by atoms with Crippen molar-refractivity contribution in [1.29, 1.82) is 0 Å². The first-order chi connectivity index (χ1) is 15.1. The number of ether oxygens (including phenoxy) is 1. The number of hydrogen-bond acceptors (Lipinski definition) is 7. The van der Waals surface area contributed by atoms with Crippen LogP contribution in [-0.4, -0.2) is 57.5 Å². The quantitative estimate of drug-likeness (QED) is 0.524. The van der Waals surface area contributed by atoms with Crippen molar-refractivity contribution in [3.8, 4) is 17.0 Å². The number of morpholine rings is 1. The van der Waals surface area contributed by atoms with E-state index in [-0.39, 0.29) is 11.8 Å². The van der Waals surface area contributed by atoms with Crippen LogP contribution in [0.5, 0.6) is 5.75 Å². The van der Waals surface area contributed by atoms with Gasteiger partial charge in [0.25, 0.3) is 0 Å². The summed E-state index contributed by atoms with van der Waals surface area (Å²) >= 11 is 0. The average molecular weight is 425 g/mol. The number of phenolic OH excluding ortho intramolecular Hbond substituents is 1. The molecule has 8 nitrogen and oxygen atoms in total. The molecule has 31 heavy (non-hydrogen) atoms. The van der Waals surface area contributed by atoms with E-state index in [1.54, 1.807) is 12.1 Å². The highest BCUT2D eigenvalue weighted by Gasteiger charge is 2.24. The molecule has 0 spiro atoms. The molecule has 1 saturated heterocycles. The number of benzene rings is 1. The molecule has 0 bridgehead atoms. The summed E-state index contributed by atoms with van der Waals surface area (Å²) in [7, 11) is 0. The van der Waals surface area contributed by atoms with E-state index in [1.165, 1.54) is 0 Å². The van der Waals surface area contributed by atoms with Crippen LogP contribution in [0.15, 0.2) is 24.3 Å². The molecule has 1 atom stereocenters. The highest BCUT2D eigenvalue weighted by molar-refractivity contribution is 5.90. The van der Waals surface area contributed by atoms with Crippen molar-refractivity contribution in [2.75, 3.05) is 43.1 Å². The molecular formula is C23H32N6O2. The highest BCUT2D eigenvalue weighted by atomic mass is 16.5. The molecule has 3 heterocycles. The van der Waals surface area contributed by atoms with Gasteiger partial charge in [0.05, 0.1) is 13.2 Å². The summed E-state index contributed by atoms with van der Waals surface area (Å²) in [6, 6.07) is 7.42. The molecule has 1 aliphatic rings. The fourth-order valence-corrected chi connectivity index (χ4v) is 3.82. The van der Waals surface area contributed by atoms with Crippen molar-refractivity contribution in [2.45, 2.75) is 46.1 Å². The number of fused-ring (bicyclic) bond motifs is 1. The lowest BCUT2D eigenvalue weighted by Gasteiger charge is -2.27. The van der Waals surface area contributed by atoms with Gasteiger partial charge in [0.1, 0.15) is 17.0 Å². The molecule has 2 N–H and O–H groups in total. The minimum Gasteiger partial charge on any atom is -0.508 e. The van der Waals surface area contributed by atoms with E-state index >= 15 is 0 Å². The third-order valence-electron chi connectivity index (χ3n) is 5.79. The molecule has 0 radical (unpaired) electrons. The first-order valence-corrected chi connectivity index (χ1v) is 11.3. The van der Waals surface area contributed by atoms with Crippen LogP contribution in [0.2, 0.25) is 0 Å². The summed E-state index contributed by atoms with van der Waals surface area (Å²) in [5, 5.41) is 13.6. The summed E-state index contributed by atoms with van der Waals surface area (Å²) in [4.78, 5) is 17.0. The zero-order valence-corrected chi connectivity index (χ0v) is 18.6. The van der Waals surface area contributed by atoms with Crippen LogP contribution in [0.4, 0.5) is 11.9 Å². The molecule has 1 unspecified atom stereocenters. The van der Waals surface area contributed by atoms with Gasteiger partial charge in [0.15, 0.2) is 5.65 Å². The summed E-state index contributed by atoms with van der Waals surface area (Å²) < 4.78 is 7.72. The minimum absolute atomic E-state index is 0.208. The number of rotatable bonds is 8. The lowest BCUT2D eigenvalue weighted by Crippen LogP contribution is -2.37. The maximum Gasteiger partial charge on any atom is 0.228 e. The van der Waals surface area contributed by atoms with Crippen molar-refractivity contribution in [1.82, 2.24) is 19.5 Å². The Labute approximate surface area is 183 Å². The minimum atomic E-state index is 0.208. The number of nitrogens with zero attached hydrogens (tertiary/aromatic N) is 5. The van der Waals surface area contributed by atoms with Crippen molar-refractivity contribution < 1.29 is 9.84 Å². The van der Waals surface area contributed by atoms with E-state index in [0.717, 1.165) is 67.3 Å². The third-order valence-corrected chi connectivity index (χ3v) is 5.79. The molecule has 2 aromatic heterocycles. The van der Waals surface area contributed by atoms with Gasteiger partial charge in [-0.15, -0.1) is 0 Å². The van der Waals surface area contributed by atoms with Crippen LogP contribution in [0.25, 0.3) is 22.4 Å². The Bertz CT molecular complexity index is 1030. The zero-order chi connectivity index (χ0) is 21.8. The first-order valence-electron chi connectivity index (χ1n) is 11.3. The predicted octanol–water partition coefficient (Wildman–Crippen LogP) is 4.22. The zero-order valence-electron chi connectivity index (χ0n) is 18.6. The number of aromatic hydroxyl groups is 1. The predicted molar refractivity (Wildman–Crippen MR) is 124 cm³/mol. The van der Waals surface area contributed by atoms with Crippen LogP contribution in [0, 0.1) is 0 Å². The second-order valence-electron chi connectivity index (χ2n) is 8.04. The second kappa shape index (κ2) is 9.51. The molecule has 1 fully saturated rings. The van der Waals surface area contributed by atoms with Gasteiger partial charge in [0.2, 0.25) is 11.9 Å². The molecule has 3 aromatic rings. The maximum atomic E-state index is 10.1. The van der Waals surface area contributed by atoms with Crippen molar-refractivity contribution >= 4 is 23.1 Å². The standard InChI is InChI=1S/C23H32N6O2/c1-4-6-10-24-22-26-20-19(17-8-7-9-18(30)15-17)25-23(28-11-13-31-14-12-28)27-21(20)29(22)16(3)5-2/h7-9,15-16,30H,4-6,10-14H2,1-3H3,(H,24,26). The molecule has 166 valence electrons. The Morgan fingerprint density at radius 1 is 1.16 bits per heavy atom. The highest BCUT2D eigenvalue weighted by Crippen LogP contribution is 2.34. The Morgan fingerprint density at radius 2 is 1.97 bits per heavy atom. The van der Waals surface area contributed by atoms with Crippen LogP contribution in [-0.2, 0) is 4.74 Å². The van der Waals surface area contributed by atoms with E-state index < -0.39 is 0 Å². The molecule has 4 rings (SSSR count). The van der Waals surface area contributed by atoms with Gasteiger partial charge < -0.3 is 20.1 Å². The largest absolute Gasteiger partial charge is 0.508 e. The lowest BCUT2D eigenvalue weighted by atomic mass is 10.1. The second-order valence-corrected chi connectivity index (χ2v) is 8.04. The van der Waals surface area contributed by atoms with Crippen LogP contribution >= 0.6 is 0 Å². The smallest absolute Gasteiger partial charge is 0.228 e. The van der Waals surface area contributed by atoms with Gasteiger partial charge in [-0.25, -0.2) is 9.97 Å². The molecule has 1 aromatic carbocycles. The van der Waals surface area contributed by atoms with Gasteiger partial charge in [-0.05, 0) is 31.9 Å². The molecule has 1 aliphatic heterocycles. The summed E-state index contributed by atoms with van der Waals surface area (Å²) in [5.74, 6) is 1.71. The van der Waals surface area contributed by atoms with Crippen LogP contribution < -0.4 is 10.2 Å². The Kier molecular flexibility index (Phi) is 6.56. The summed E-state index contributed by atoms with van der Waals surface area (Å²) in [6.07, 6.45) is 3.16. The fourth-order valence-electron chi connectivity index (χ4n) is 3.82. The maximum absolute atomic E-state index is 10.1. The number of imidazole rings is 1. The van der Waals surface area contributed by atoms with Crippen LogP contribution in [0.3, 0.4) is 0 Å². The Hall–Kier alpha value is -2.87. The van der Waals surface area contributed by atoms with Crippen LogP contribution in [0.1, 0.15) is 46.1 Å². The normalized spacial score (nSPS) is 15.4. The van der Waals surface area contributed by atoms with E-state index in [4.69, 9.17) is 19.7 Å². The molecular weight excluding hydrogens is 392 g/mol. The van der Waals surface area contributed by atoms with Crippen molar-refractivity contribution in [3.05, 3.63) is 24.3 Å². The molecule has 0 aliphatic carbocycles. The number of unbranched alkanes of at least 4 members (excludes halogenated alkanes) is 1. The van der Waals surface area contributed by atoms with E-state index in [1.807, 2.05) is 12.1 Å². The van der Waals surface area contributed by atoms with Gasteiger partial charge in [-0.1, -0.05) is 32.4 Å². The molecule has 8 heteroatoms. The number of nitrogens with one attached hydrogen (secondary N) is 1. The Balaban J connectivity index is 1.92.